The second kappa shape index (κ2) is 4.96. The molecule has 0 unspecified atom stereocenters. The summed E-state index contributed by atoms with van der Waals surface area (Å²) in [5.74, 6) is -0.725. The molecule has 0 aliphatic heterocycles. The Morgan fingerprint density at radius 3 is 1.30 bits per heavy atom. The molecule has 106 valence electrons. The predicted octanol–water partition coefficient (Wildman–Crippen LogP) is 3.28. The molecule has 0 heterocycles. The van der Waals surface area contributed by atoms with Gasteiger partial charge in [-0.15, -0.1) is 0 Å². The number of aryl methyl sites for hydroxylation is 2. The molecule has 20 heavy (non-hydrogen) atoms. The van der Waals surface area contributed by atoms with Crippen molar-refractivity contribution in [1.82, 2.24) is 0 Å². The van der Waals surface area contributed by atoms with Gasteiger partial charge in [-0.05, 0) is 60.4 Å². The molecule has 4 heteroatoms. The van der Waals surface area contributed by atoms with Crippen molar-refractivity contribution in [2.24, 2.45) is 0 Å². The fourth-order valence-electron chi connectivity index (χ4n) is 2.50. The minimum atomic E-state index is -0.168. The Balaban J connectivity index is 2.54. The monoisotopic (exact) mass is 274 g/mol. The maximum atomic E-state index is 9.65. The van der Waals surface area contributed by atoms with Crippen molar-refractivity contribution >= 4 is 0 Å². The van der Waals surface area contributed by atoms with Crippen molar-refractivity contribution in [3.8, 4) is 23.0 Å². The third-order valence-electron chi connectivity index (χ3n) is 3.66. The summed E-state index contributed by atoms with van der Waals surface area (Å²) in [5, 5.41) is 38.3. The SMILES string of the molecule is Cc1cc(O)c(O)cc1C(C)c1cc(O)c(O)cc1C. The van der Waals surface area contributed by atoms with Gasteiger partial charge in [-0.3, -0.25) is 0 Å². The zero-order valence-corrected chi connectivity index (χ0v) is 11.7. The van der Waals surface area contributed by atoms with Gasteiger partial charge in [-0.1, -0.05) is 6.92 Å². The van der Waals surface area contributed by atoms with E-state index in [0.29, 0.717) is 0 Å². The molecule has 0 aliphatic rings. The first kappa shape index (κ1) is 14.1. The largest absolute Gasteiger partial charge is 0.504 e. The van der Waals surface area contributed by atoms with E-state index in [9.17, 15) is 20.4 Å². The second-order valence-electron chi connectivity index (χ2n) is 5.12. The normalized spacial score (nSPS) is 11.0. The van der Waals surface area contributed by atoms with E-state index in [4.69, 9.17) is 0 Å². The molecule has 0 atom stereocenters. The van der Waals surface area contributed by atoms with Crippen LogP contribution in [0, 0.1) is 13.8 Å². The Hall–Kier alpha value is -2.36. The lowest BCUT2D eigenvalue weighted by Gasteiger charge is -2.19. The topological polar surface area (TPSA) is 80.9 Å². The first-order valence-corrected chi connectivity index (χ1v) is 6.36. The quantitative estimate of drug-likeness (QED) is 0.633. The second-order valence-corrected chi connectivity index (χ2v) is 5.12. The molecule has 2 rings (SSSR count). The highest BCUT2D eigenvalue weighted by molar-refractivity contribution is 5.52. The van der Waals surface area contributed by atoms with Crippen LogP contribution < -0.4 is 0 Å². The number of phenols is 4. The minimum absolute atomic E-state index is 0.0898. The van der Waals surface area contributed by atoms with E-state index in [0.717, 1.165) is 22.3 Å². The summed E-state index contributed by atoms with van der Waals surface area (Å²) in [4.78, 5) is 0. The van der Waals surface area contributed by atoms with Crippen LogP contribution in [-0.2, 0) is 0 Å². The molecule has 0 fully saturated rings. The van der Waals surface area contributed by atoms with Crippen LogP contribution in [0.3, 0.4) is 0 Å². The smallest absolute Gasteiger partial charge is 0.157 e. The molecule has 0 amide bonds. The summed E-state index contributed by atoms with van der Waals surface area (Å²) in [6, 6.07) is 6.07. The third-order valence-corrected chi connectivity index (χ3v) is 3.66. The van der Waals surface area contributed by atoms with Crippen LogP contribution in [0.25, 0.3) is 0 Å². The zero-order chi connectivity index (χ0) is 15.0. The first-order valence-electron chi connectivity index (χ1n) is 6.36. The van der Waals surface area contributed by atoms with Crippen molar-refractivity contribution in [3.63, 3.8) is 0 Å². The van der Waals surface area contributed by atoms with Gasteiger partial charge >= 0.3 is 0 Å². The molecule has 2 aromatic rings. The summed E-state index contributed by atoms with van der Waals surface area (Å²) in [7, 11) is 0. The number of hydrogen-bond donors (Lipinski definition) is 4. The van der Waals surface area contributed by atoms with Crippen molar-refractivity contribution < 1.29 is 20.4 Å². The highest BCUT2D eigenvalue weighted by Gasteiger charge is 2.17. The van der Waals surface area contributed by atoms with Gasteiger partial charge in [0.2, 0.25) is 0 Å². The average Bonchev–Trinajstić information content (AvgIpc) is 2.37. The third kappa shape index (κ3) is 2.37. The standard InChI is InChI=1S/C16H18O4/c1-8-4-13(17)15(19)6-11(8)10(3)12-7-16(20)14(18)5-9(12)2/h4-7,10,17-20H,1-3H3. The predicted molar refractivity (Wildman–Crippen MR) is 76.5 cm³/mol. The molecular formula is C16H18O4. The fraction of sp³-hybridized carbons (Fsp3) is 0.250. The lowest BCUT2D eigenvalue weighted by atomic mass is 9.87. The maximum Gasteiger partial charge on any atom is 0.157 e. The lowest BCUT2D eigenvalue weighted by molar-refractivity contribution is 0.401. The number of hydrogen-bond acceptors (Lipinski definition) is 4. The van der Waals surface area contributed by atoms with Gasteiger partial charge < -0.3 is 20.4 Å². The van der Waals surface area contributed by atoms with Gasteiger partial charge in [0, 0.05) is 5.92 Å². The van der Waals surface area contributed by atoms with Gasteiger partial charge in [-0.2, -0.15) is 0 Å². The van der Waals surface area contributed by atoms with E-state index in [1.807, 2.05) is 20.8 Å². The summed E-state index contributed by atoms with van der Waals surface area (Å²) in [6.45, 7) is 5.64. The van der Waals surface area contributed by atoms with Crippen LogP contribution in [-0.4, -0.2) is 20.4 Å². The van der Waals surface area contributed by atoms with E-state index in [-0.39, 0.29) is 28.9 Å². The number of phenolic OH excluding ortho intramolecular Hbond substituents is 4. The minimum Gasteiger partial charge on any atom is -0.504 e. The summed E-state index contributed by atoms with van der Waals surface area (Å²) >= 11 is 0. The van der Waals surface area contributed by atoms with Gasteiger partial charge in [-0.25, -0.2) is 0 Å². The Labute approximate surface area is 117 Å². The Morgan fingerprint density at radius 2 is 0.950 bits per heavy atom. The number of benzene rings is 2. The zero-order valence-electron chi connectivity index (χ0n) is 11.7. The van der Waals surface area contributed by atoms with Crippen molar-refractivity contribution in [3.05, 3.63) is 46.5 Å². The number of rotatable bonds is 2. The number of aromatic hydroxyl groups is 4. The van der Waals surface area contributed by atoms with Crippen LogP contribution in [0.5, 0.6) is 23.0 Å². The molecule has 0 saturated carbocycles. The molecule has 0 spiro atoms. The van der Waals surface area contributed by atoms with E-state index in [2.05, 4.69) is 0 Å². The molecule has 0 saturated heterocycles. The molecule has 0 aliphatic carbocycles. The lowest BCUT2D eigenvalue weighted by Crippen LogP contribution is -2.01. The van der Waals surface area contributed by atoms with Gasteiger partial charge in [0.05, 0.1) is 0 Å². The van der Waals surface area contributed by atoms with Gasteiger partial charge in [0.1, 0.15) is 0 Å². The van der Waals surface area contributed by atoms with Gasteiger partial charge in [0.15, 0.2) is 23.0 Å². The highest BCUT2D eigenvalue weighted by Crippen LogP contribution is 2.38. The molecular weight excluding hydrogens is 256 g/mol. The Kier molecular flexibility index (Phi) is 3.49. The van der Waals surface area contributed by atoms with E-state index in [1.165, 1.54) is 24.3 Å². The van der Waals surface area contributed by atoms with Crippen molar-refractivity contribution in [1.29, 1.82) is 0 Å². The highest BCUT2D eigenvalue weighted by atomic mass is 16.3. The molecule has 0 radical (unpaired) electrons. The van der Waals surface area contributed by atoms with Crippen LogP contribution in [0.2, 0.25) is 0 Å². The first-order chi connectivity index (χ1) is 9.31. The van der Waals surface area contributed by atoms with Crippen LogP contribution in [0.4, 0.5) is 0 Å². The molecule has 4 nitrogen and oxygen atoms in total. The summed E-state index contributed by atoms with van der Waals surface area (Å²) < 4.78 is 0. The summed E-state index contributed by atoms with van der Waals surface area (Å²) in [6.07, 6.45) is 0. The molecule has 4 N–H and O–H groups in total. The van der Waals surface area contributed by atoms with Crippen LogP contribution in [0.15, 0.2) is 24.3 Å². The van der Waals surface area contributed by atoms with Crippen molar-refractivity contribution in [2.45, 2.75) is 26.7 Å². The Bertz CT molecular complexity index is 605. The Morgan fingerprint density at radius 1 is 0.650 bits per heavy atom. The maximum absolute atomic E-state index is 9.65. The van der Waals surface area contributed by atoms with Crippen molar-refractivity contribution in [2.75, 3.05) is 0 Å². The summed E-state index contributed by atoms with van der Waals surface area (Å²) in [5.41, 5.74) is 3.40. The molecule has 0 aromatic heterocycles. The van der Waals surface area contributed by atoms with Gasteiger partial charge in [0.25, 0.3) is 0 Å². The van der Waals surface area contributed by atoms with E-state index in [1.54, 1.807) is 0 Å². The van der Waals surface area contributed by atoms with Crippen LogP contribution >= 0.6 is 0 Å². The van der Waals surface area contributed by atoms with E-state index >= 15 is 0 Å². The van der Waals surface area contributed by atoms with Crippen LogP contribution in [0.1, 0.15) is 35.1 Å². The fourth-order valence-corrected chi connectivity index (χ4v) is 2.50. The van der Waals surface area contributed by atoms with E-state index < -0.39 is 0 Å². The molecule has 0 bridgehead atoms. The average molecular weight is 274 g/mol. The molecule has 2 aromatic carbocycles.